The van der Waals surface area contributed by atoms with Crippen molar-refractivity contribution in [1.82, 2.24) is 0 Å². The van der Waals surface area contributed by atoms with E-state index in [2.05, 4.69) is 5.32 Å². The Kier molecular flexibility index (Phi) is 4.59. The highest BCUT2D eigenvalue weighted by Gasteiger charge is 2.40. The van der Waals surface area contributed by atoms with Crippen molar-refractivity contribution >= 4 is 11.5 Å². The summed E-state index contributed by atoms with van der Waals surface area (Å²) < 4.78 is 6.08. The van der Waals surface area contributed by atoms with Crippen LogP contribution < -0.4 is 5.32 Å². The molecule has 1 saturated carbocycles. The van der Waals surface area contributed by atoms with Crippen molar-refractivity contribution < 1.29 is 9.53 Å². The molecule has 0 bridgehead atoms. The average Bonchev–Trinajstić information content (AvgIpc) is 2.54. The summed E-state index contributed by atoms with van der Waals surface area (Å²) in [5, 5.41) is 3.24. The number of hydrogen-bond donors (Lipinski definition) is 1. The third-order valence-electron chi connectivity index (χ3n) is 4.95. The van der Waals surface area contributed by atoms with Gasteiger partial charge in [-0.3, -0.25) is 4.79 Å². The van der Waals surface area contributed by atoms with E-state index in [9.17, 15) is 4.79 Å². The van der Waals surface area contributed by atoms with E-state index in [-0.39, 0.29) is 11.5 Å². The SMILES string of the molecule is O=C(CNc1ccccc1)C1CCOC2(CCCCC2)C1. The molecule has 1 saturated heterocycles. The number of hydrogen-bond acceptors (Lipinski definition) is 3. The molecule has 3 rings (SSSR count). The Bertz CT molecular complexity index is 460. The van der Waals surface area contributed by atoms with Gasteiger partial charge in [-0.05, 0) is 37.8 Å². The van der Waals surface area contributed by atoms with Gasteiger partial charge in [-0.25, -0.2) is 0 Å². The quantitative estimate of drug-likeness (QED) is 0.915. The number of Topliss-reactive ketones (excluding diaryl/α,β-unsaturated/α-hetero) is 1. The van der Waals surface area contributed by atoms with Crippen LogP contribution in [0.25, 0.3) is 0 Å². The second-order valence-electron chi connectivity index (χ2n) is 6.47. The molecule has 0 amide bonds. The summed E-state index contributed by atoms with van der Waals surface area (Å²) in [4.78, 5) is 12.5. The minimum atomic E-state index is 0.0174. The molecule has 1 heterocycles. The first-order valence-electron chi connectivity index (χ1n) is 8.23. The first kappa shape index (κ1) is 14.6. The summed E-state index contributed by atoms with van der Waals surface area (Å²) in [7, 11) is 0. The van der Waals surface area contributed by atoms with Crippen LogP contribution in [0.3, 0.4) is 0 Å². The van der Waals surface area contributed by atoms with Crippen LogP contribution in [0.4, 0.5) is 5.69 Å². The number of carbonyl (C=O) groups is 1. The fourth-order valence-corrected chi connectivity index (χ4v) is 3.74. The van der Waals surface area contributed by atoms with E-state index in [1.54, 1.807) is 0 Å². The number of benzene rings is 1. The van der Waals surface area contributed by atoms with Gasteiger partial charge in [0.2, 0.25) is 0 Å². The van der Waals surface area contributed by atoms with Crippen LogP contribution in [0.15, 0.2) is 30.3 Å². The molecule has 1 aliphatic carbocycles. The molecule has 3 heteroatoms. The molecule has 21 heavy (non-hydrogen) atoms. The Morgan fingerprint density at radius 3 is 2.71 bits per heavy atom. The van der Waals surface area contributed by atoms with E-state index in [1.165, 1.54) is 19.3 Å². The molecule has 1 unspecified atom stereocenters. The maximum absolute atomic E-state index is 12.5. The highest BCUT2D eigenvalue weighted by Crippen LogP contribution is 2.40. The third kappa shape index (κ3) is 3.65. The highest BCUT2D eigenvalue weighted by atomic mass is 16.5. The van der Waals surface area contributed by atoms with Gasteiger partial charge in [0.25, 0.3) is 0 Å². The molecule has 1 spiro atoms. The predicted octanol–water partition coefficient (Wildman–Crippen LogP) is 3.80. The molecule has 2 fully saturated rings. The topological polar surface area (TPSA) is 38.3 Å². The second kappa shape index (κ2) is 6.61. The van der Waals surface area contributed by atoms with Gasteiger partial charge < -0.3 is 10.1 Å². The summed E-state index contributed by atoms with van der Waals surface area (Å²) in [5.41, 5.74) is 1.04. The van der Waals surface area contributed by atoms with Crippen molar-refractivity contribution in [3.05, 3.63) is 30.3 Å². The number of carbonyl (C=O) groups excluding carboxylic acids is 1. The monoisotopic (exact) mass is 287 g/mol. The largest absolute Gasteiger partial charge is 0.378 e. The first-order valence-corrected chi connectivity index (χ1v) is 8.23. The molecule has 0 aromatic heterocycles. The van der Waals surface area contributed by atoms with E-state index in [0.717, 1.165) is 38.0 Å². The molecule has 1 aromatic rings. The maximum Gasteiger partial charge on any atom is 0.155 e. The van der Waals surface area contributed by atoms with Gasteiger partial charge in [0, 0.05) is 18.2 Å². The standard InChI is InChI=1S/C18H25NO2/c20-17(14-19-16-7-3-1-4-8-16)15-9-12-21-18(13-15)10-5-2-6-11-18/h1,3-4,7-8,15,19H,2,5-6,9-14H2. The molecule has 3 nitrogen and oxygen atoms in total. The smallest absolute Gasteiger partial charge is 0.155 e. The molecule has 114 valence electrons. The Labute approximate surface area is 127 Å². The Balaban J connectivity index is 1.54. The minimum Gasteiger partial charge on any atom is -0.378 e. The molecule has 1 atom stereocenters. The molecule has 1 N–H and O–H groups in total. The highest BCUT2D eigenvalue weighted by molar-refractivity contribution is 5.85. The van der Waals surface area contributed by atoms with Crippen LogP contribution in [0.1, 0.15) is 44.9 Å². The van der Waals surface area contributed by atoms with E-state index in [4.69, 9.17) is 4.74 Å². The zero-order chi connectivity index (χ0) is 14.5. The number of anilines is 1. The van der Waals surface area contributed by atoms with Crippen LogP contribution in [0.5, 0.6) is 0 Å². The summed E-state index contributed by atoms with van der Waals surface area (Å²) in [6.07, 6.45) is 7.93. The normalized spacial score (nSPS) is 24.7. The number of rotatable bonds is 4. The van der Waals surface area contributed by atoms with Crippen LogP contribution >= 0.6 is 0 Å². The van der Waals surface area contributed by atoms with Gasteiger partial charge in [-0.15, -0.1) is 0 Å². The zero-order valence-corrected chi connectivity index (χ0v) is 12.6. The number of para-hydroxylation sites is 1. The van der Waals surface area contributed by atoms with Gasteiger partial charge >= 0.3 is 0 Å². The minimum absolute atomic E-state index is 0.0174. The summed E-state index contributed by atoms with van der Waals surface area (Å²) >= 11 is 0. The van der Waals surface area contributed by atoms with Gasteiger partial charge in [0.05, 0.1) is 12.1 Å². The molecular formula is C18H25NO2. The first-order chi connectivity index (χ1) is 10.3. The van der Waals surface area contributed by atoms with Crippen molar-refractivity contribution in [2.75, 3.05) is 18.5 Å². The Morgan fingerprint density at radius 1 is 1.19 bits per heavy atom. The van der Waals surface area contributed by atoms with E-state index in [1.807, 2.05) is 30.3 Å². The lowest BCUT2D eigenvalue weighted by Crippen LogP contribution is -2.44. The molecule has 0 radical (unpaired) electrons. The number of ketones is 1. The maximum atomic E-state index is 12.5. The number of nitrogens with one attached hydrogen (secondary N) is 1. The van der Waals surface area contributed by atoms with E-state index >= 15 is 0 Å². The van der Waals surface area contributed by atoms with Crippen molar-refractivity contribution in [2.45, 2.75) is 50.5 Å². The lowest BCUT2D eigenvalue weighted by Gasteiger charge is -2.43. The van der Waals surface area contributed by atoms with Gasteiger partial charge in [-0.2, -0.15) is 0 Å². The van der Waals surface area contributed by atoms with Crippen LogP contribution in [-0.2, 0) is 9.53 Å². The van der Waals surface area contributed by atoms with Crippen LogP contribution in [0.2, 0.25) is 0 Å². The average molecular weight is 287 g/mol. The summed E-state index contributed by atoms with van der Waals surface area (Å²) in [6.45, 7) is 1.19. The lowest BCUT2D eigenvalue weighted by molar-refractivity contribution is -0.141. The zero-order valence-electron chi connectivity index (χ0n) is 12.6. The third-order valence-corrected chi connectivity index (χ3v) is 4.95. The molecule has 1 aromatic carbocycles. The number of ether oxygens (including phenoxy) is 1. The summed E-state index contributed by atoms with van der Waals surface area (Å²) in [6, 6.07) is 9.95. The Hall–Kier alpha value is -1.35. The fourth-order valence-electron chi connectivity index (χ4n) is 3.74. The lowest BCUT2D eigenvalue weighted by atomic mass is 9.75. The van der Waals surface area contributed by atoms with Crippen molar-refractivity contribution in [3.8, 4) is 0 Å². The van der Waals surface area contributed by atoms with Crippen LogP contribution in [0, 0.1) is 5.92 Å². The molecule has 1 aliphatic heterocycles. The Morgan fingerprint density at radius 2 is 1.95 bits per heavy atom. The second-order valence-corrected chi connectivity index (χ2v) is 6.47. The van der Waals surface area contributed by atoms with Gasteiger partial charge in [0.15, 0.2) is 5.78 Å². The van der Waals surface area contributed by atoms with Crippen LogP contribution in [-0.4, -0.2) is 24.5 Å². The predicted molar refractivity (Wildman–Crippen MR) is 84.4 cm³/mol. The van der Waals surface area contributed by atoms with Gasteiger partial charge in [-0.1, -0.05) is 37.5 Å². The van der Waals surface area contributed by atoms with Crippen molar-refractivity contribution in [1.29, 1.82) is 0 Å². The van der Waals surface area contributed by atoms with E-state index < -0.39 is 0 Å². The van der Waals surface area contributed by atoms with E-state index in [0.29, 0.717) is 12.3 Å². The molecular weight excluding hydrogens is 262 g/mol. The van der Waals surface area contributed by atoms with Gasteiger partial charge in [0.1, 0.15) is 0 Å². The molecule has 2 aliphatic rings. The van der Waals surface area contributed by atoms with Crippen molar-refractivity contribution in [2.24, 2.45) is 5.92 Å². The summed E-state index contributed by atoms with van der Waals surface area (Å²) in [5.74, 6) is 0.514. The fraction of sp³-hybridized carbons (Fsp3) is 0.611. The van der Waals surface area contributed by atoms with Crippen molar-refractivity contribution in [3.63, 3.8) is 0 Å².